The first-order valence-corrected chi connectivity index (χ1v) is 16.9. The number of hydrogen-bond donors (Lipinski definition) is 0. The molecule has 248 valence electrons. The molecule has 3 heterocycles. The van der Waals surface area contributed by atoms with Crippen LogP contribution in [-0.2, 0) is 17.8 Å². The number of hydrogen-bond acceptors (Lipinski definition) is 7. The standard InChI is InChI=1S/C37H46FN7O2/c1-24-10-7-13-29-14-9-15-33(34(24)29)43-17-16-31-32(22-43)40-37(47-23-25(2)42(6)27(4)28-11-8-12-28)41-35(31)44-18-19-45(36(46)26(3)38)30(21-44)20-39-5/h7,9-10,13-15,25,27-28,30H,3,8,11-12,16-23H2,1-2,4,6H3/t25-,27-,30-/m0/s1. The molecule has 1 aliphatic carbocycles. The molecule has 0 N–H and O–H groups in total. The van der Waals surface area contributed by atoms with Gasteiger partial charge in [-0.05, 0) is 70.0 Å². The Bertz CT molecular complexity index is 1680. The summed E-state index contributed by atoms with van der Waals surface area (Å²) in [6, 6.07) is 13.4. The lowest BCUT2D eigenvalue weighted by molar-refractivity contribution is -0.131. The van der Waals surface area contributed by atoms with Gasteiger partial charge in [-0.25, -0.2) is 11.0 Å². The van der Waals surface area contributed by atoms with Crippen LogP contribution in [0.15, 0.2) is 48.8 Å². The molecule has 0 spiro atoms. The lowest BCUT2D eigenvalue weighted by Crippen LogP contribution is -2.57. The van der Waals surface area contributed by atoms with E-state index < -0.39 is 17.8 Å². The minimum absolute atomic E-state index is 0.0728. The number of nitrogens with zero attached hydrogens (tertiary/aromatic N) is 7. The molecule has 0 radical (unpaired) electrons. The Labute approximate surface area is 277 Å². The number of rotatable bonds is 10. The van der Waals surface area contributed by atoms with Gasteiger partial charge in [0, 0.05) is 54.9 Å². The average molecular weight is 640 g/mol. The van der Waals surface area contributed by atoms with Crippen molar-refractivity contribution in [3.63, 3.8) is 0 Å². The minimum atomic E-state index is -1.00. The predicted molar refractivity (Wildman–Crippen MR) is 184 cm³/mol. The second kappa shape index (κ2) is 13.9. The highest BCUT2D eigenvalue weighted by molar-refractivity contribution is 5.97. The van der Waals surface area contributed by atoms with E-state index in [1.165, 1.54) is 46.2 Å². The SMILES string of the molecule is [C-]#[N+]C[C@H]1CN(c2nc(OC[C@H](C)N(C)[C@@H](C)C3CCC3)nc3c2CCN(c2cccc4cccc(C)c24)C3)CCN1C(=O)C(=C)F. The van der Waals surface area contributed by atoms with Crippen molar-refractivity contribution in [2.45, 2.75) is 71.1 Å². The Morgan fingerprint density at radius 2 is 1.91 bits per heavy atom. The Morgan fingerprint density at radius 3 is 2.62 bits per heavy atom. The molecule has 1 saturated carbocycles. The summed E-state index contributed by atoms with van der Waals surface area (Å²) in [5.41, 5.74) is 4.40. The largest absolute Gasteiger partial charge is 0.462 e. The van der Waals surface area contributed by atoms with Gasteiger partial charge in [0.2, 0.25) is 6.54 Å². The number of anilines is 2. The topological polar surface area (TPSA) is 69.4 Å². The number of carbonyl (C=O) groups excluding carboxylic acids is 1. The van der Waals surface area contributed by atoms with E-state index in [4.69, 9.17) is 21.3 Å². The van der Waals surface area contributed by atoms with Crippen LogP contribution in [-0.4, -0.2) is 90.2 Å². The molecule has 1 saturated heterocycles. The first-order chi connectivity index (χ1) is 22.7. The molecule has 0 unspecified atom stereocenters. The molecule has 3 aromatic rings. The summed E-state index contributed by atoms with van der Waals surface area (Å²) in [6.45, 7) is 20.4. The van der Waals surface area contributed by atoms with Gasteiger partial charge in [-0.3, -0.25) is 9.69 Å². The number of amides is 1. The van der Waals surface area contributed by atoms with Gasteiger partial charge in [0.05, 0.1) is 12.2 Å². The maximum Gasteiger partial charge on any atom is 0.318 e. The zero-order chi connectivity index (χ0) is 33.2. The van der Waals surface area contributed by atoms with E-state index in [1.807, 2.05) is 0 Å². The van der Waals surface area contributed by atoms with Crippen LogP contribution >= 0.6 is 0 Å². The van der Waals surface area contributed by atoms with Gasteiger partial charge in [0.15, 0.2) is 5.83 Å². The monoisotopic (exact) mass is 639 g/mol. The molecule has 47 heavy (non-hydrogen) atoms. The molecule has 3 aliphatic rings. The summed E-state index contributed by atoms with van der Waals surface area (Å²) in [4.78, 5) is 34.5. The third-order valence-electron chi connectivity index (χ3n) is 10.7. The number of aromatic nitrogens is 2. The molecular weight excluding hydrogens is 593 g/mol. The molecule has 1 amide bonds. The van der Waals surface area contributed by atoms with Crippen molar-refractivity contribution in [1.82, 2.24) is 19.8 Å². The van der Waals surface area contributed by atoms with Crippen molar-refractivity contribution in [3.05, 3.63) is 77.0 Å². The number of carbonyl (C=O) groups is 1. The van der Waals surface area contributed by atoms with Crippen LogP contribution in [0.2, 0.25) is 0 Å². The van der Waals surface area contributed by atoms with E-state index in [2.05, 4.69) is 90.3 Å². The van der Waals surface area contributed by atoms with Crippen LogP contribution in [0.25, 0.3) is 15.6 Å². The maximum atomic E-state index is 13.9. The van der Waals surface area contributed by atoms with Crippen molar-refractivity contribution in [2.75, 3.05) is 56.2 Å². The van der Waals surface area contributed by atoms with Crippen LogP contribution in [0.3, 0.4) is 0 Å². The Morgan fingerprint density at radius 1 is 1.15 bits per heavy atom. The average Bonchev–Trinajstić information content (AvgIpc) is 3.05. The summed E-state index contributed by atoms with van der Waals surface area (Å²) >= 11 is 0. The van der Waals surface area contributed by atoms with Crippen molar-refractivity contribution in [3.8, 4) is 6.01 Å². The molecular formula is C37H46FN7O2. The smallest absolute Gasteiger partial charge is 0.318 e. The number of benzene rings is 2. The zero-order valence-corrected chi connectivity index (χ0v) is 28.1. The number of ether oxygens (including phenoxy) is 1. The number of piperazine rings is 1. The molecule has 3 atom stereocenters. The second-order valence-corrected chi connectivity index (χ2v) is 13.5. The fourth-order valence-electron chi connectivity index (χ4n) is 7.39. The summed E-state index contributed by atoms with van der Waals surface area (Å²) in [7, 11) is 2.17. The fraction of sp³-hybridized carbons (Fsp3) is 0.514. The maximum absolute atomic E-state index is 13.9. The van der Waals surface area contributed by atoms with Crippen molar-refractivity contribution >= 4 is 28.2 Å². The molecule has 9 nitrogen and oxygen atoms in total. The van der Waals surface area contributed by atoms with E-state index in [-0.39, 0.29) is 19.1 Å². The Kier molecular flexibility index (Phi) is 9.65. The van der Waals surface area contributed by atoms with E-state index in [0.29, 0.717) is 38.3 Å². The summed E-state index contributed by atoms with van der Waals surface area (Å²) < 4.78 is 20.3. The number of aryl methyl sites for hydroxylation is 1. The first-order valence-electron chi connectivity index (χ1n) is 16.9. The van der Waals surface area contributed by atoms with E-state index in [0.717, 1.165) is 36.0 Å². The van der Waals surface area contributed by atoms with E-state index in [9.17, 15) is 9.18 Å². The van der Waals surface area contributed by atoms with Gasteiger partial charge in [-0.15, -0.1) is 0 Å². The van der Waals surface area contributed by atoms with Crippen molar-refractivity contribution in [1.29, 1.82) is 0 Å². The lowest BCUT2D eigenvalue weighted by Gasteiger charge is -2.41. The van der Waals surface area contributed by atoms with Gasteiger partial charge in [0.25, 0.3) is 5.91 Å². The highest BCUT2D eigenvalue weighted by atomic mass is 19.1. The highest BCUT2D eigenvalue weighted by Gasteiger charge is 2.36. The predicted octanol–water partition coefficient (Wildman–Crippen LogP) is 5.81. The van der Waals surface area contributed by atoms with Crippen LogP contribution in [0, 0.1) is 19.4 Å². The molecule has 1 aromatic heterocycles. The van der Waals surface area contributed by atoms with Gasteiger partial charge in [-0.1, -0.05) is 43.3 Å². The summed E-state index contributed by atoms with van der Waals surface area (Å²) in [6.07, 6.45) is 4.63. The Balaban J connectivity index is 1.31. The van der Waals surface area contributed by atoms with E-state index in [1.54, 1.807) is 0 Å². The quantitative estimate of drug-likeness (QED) is 0.205. The molecule has 6 rings (SSSR count). The third kappa shape index (κ3) is 6.64. The Hall–Kier alpha value is -4.23. The molecule has 2 aromatic carbocycles. The number of likely N-dealkylation sites (N-methyl/N-ethyl adjacent to an activating group) is 1. The van der Waals surface area contributed by atoms with Crippen LogP contribution in [0.5, 0.6) is 6.01 Å². The summed E-state index contributed by atoms with van der Waals surface area (Å²) in [5, 5.41) is 2.46. The molecule has 2 fully saturated rings. The molecule has 0 bridgehead atoms. The van der Waals surface area contributed by atoms with Crippen molar-refractivity contribution in [2.24, 2.45) is 5.92 Å². The van der Waals surface area contributed by atoms with Gasteiger partial charge in [0.1, 0.15) is 18.5 Å². The second-order valence-electron chi connectivity index (χ2n) is 13.5. The number of fused-ring (bicyclic) bond motifs is 2. The molecule has 2 aliphatic heterocycles. The molecule has 10 heteroatoms. The lowest BCUT2D eigenvalue weighted by atomic mass is 9.79. The van der Waals surface area contributed by atoms with Gasteiger partial charge in [-0.2, -0.15) is 9.97 Å². The van der Waals surface area contributed by atoms with E-state index >= 15 is 0 Å². The van der Waals surface area contributed by atoms with Crippen LogP contribution in [0.1, 0.15) is 49.9 Å². The number of halogens is 1. The van der Waals surface area contributed by atoms with Crippen LogP contribution < -0.4 is 14.5 Å². The van der Waals surface area contributed by atoms with Gasteiger partial charge < -0.3 is 24.3 Å². The highest BCUT2D eigenvalue weighted by Crippen LogP contribution is 2.36. The minimum Gasteiger partial charge on any atom is -0.462 e. The van der Waals surface area contributed by atoms with Gasteiger partial charge >= 0.3 is 6.01 Å². The first kappa shape index (κ1) is 32.7. The fourth-order valence-corrected chi connectivity index (χ4v) is 7.39. The third-order valence-corrected chi connectivity index (χ3v) is 10.7. The summed E-state index contributed by atoms with van der Waals surface area (Å²) in [5.74, 6) is -0.231. The van der Waals surface area contributed by atoms with Crippen LogP contribution in [0.4, 0.5) is 15.9 Å². The normalized spacial score (nSPS) is 19.6. The van der Waals surface area contributed by atoms with Crippen molar-refractivity contribution < 1.29 is 13.9 Å². The zero-order valence-electron chi connectivity index (χ0n) is 28.1.